The average molecular weight is 378 g/mol. The Kier molecular flexibility index (Phi) is 2.79. The lowest BCUT2D eigenvalue weighted by atomic mass is 9.80. The summed E-state index contributed by atoms with van der Waals surface area (Å²) in [6, 6.07) is 9.13. The number of anilines is 1. The Morgan fingerprint density at radius 3 is 2.83 bits per heavy atom. The van der Waals surface area contributed by atoms with Gasteiger partial charge in [-0.1, -0.05) is 21.2 Å². The molecule has 0 unspecified atom stereocenters. The standard InChI is InChI=1S/C15H16BrN5O2/c1-23-15(22)21-14-9-6-10(12(14)18-21)13-11(9)17-19-20(13)8-4-2-7(16)3-5-8/h2-5,9-14,18H,6H2,1H3/t9-,10-,11+,12+,13-,14-/m1/s1. The highest BCUT2D eigenvalue weighted by atomic mass is 79.9. The molecule has 7 nitrogen and oxygen atoms in total. The Labute approximate surface area is 141 Å². The highest BCUT2D eigenvalue weighted by Gasteiger charge is 2.68. The van der Waals surface area contributed by atoms with Crippen molar-refractivity contribution in [3.63, 3.8) is 0 Å². The molecule has 2 heterocycles. The van der Waals surface area contributed by atoms with E-state index in [1.807, 2.05) is 12.1 Å². The number of benzene rings is 1. The molecule has 2 saturated carbocycles. The number of amides is 1. The minimum atomic E-state index is -0.310. The third-order valence-corrected chi connectivity index (χ3v) is 6.18. The summed E-state index contributed by atoms with van der Waals surface area (Å²) >= 11 is 3.46. The molecule has 1 amide bonds. The van der Waals surface area contributed by atoms with Crippen molar-refractivity contribution in [2.75, 3.05) is 12.1 Å². The van der Waals surface area contributed by atoms with Crippen LogP contribution in [0.4, 0.5) is 10.5 Å². The van der Waals surface area contributed by atoms with Gasteiger partial charge in [-0.3, -0.25) is 0 Å². The Bertz CT molecular complexity index is 696. The number of methoxy groups -OCH3 is 1. The molecule has 2 bridgehead atoms. The minimum Gasteiger partial charge on any atom is -0.452 e. The summed E-state index contributed by atoms with van der Waals surface area (Å²) in [6.45, 7) is 0. The van der Waals surface area contributed by atoms with Gasteiger partial charge < -0.3 is 4.74 Å². The van der Waals surface area contributed by atoms with Crippen LogP contribution in [-0.2, 0) is 4.74 Å². The van der Waals surface area contributed by atoms with Crippen molar-refractivity contribution in [1.82, 2.24) is 10.4 Å². The molecular weight excluding hydrogens is 362 g/mol. The van der Waals surface area contributed by atoms with Crippen LogP contribution in [0.1, 0.15) is 6.42 Å². The molecule has 0 aromatic heterocycles. The molecule has 1 N–H and O–H groups in total. The third kappa shape index (κ3) is 1.70. The molecule has 5 rings (SSSR count). The first-order chi connectivity index (χ1) is 11.2. The fraction of sp³-hybridized carbons (Fsp3) is 0.533. The smallest absolute Gasteiger partial charge is 0.424 e. The fourth-order valence-corrected chi connectivity index (χ4v) is 5.02. The van der Waals surface area contributed by atoms with Crippen LogP contribution >= 0.6 is 15.9 Å². The highest BCUT2D eigenvalue weighted by molar-refractivity contribution is 9.10. The minimum absolute atomic E-state index is 0.166. The first kappa shape index (κ1) is 13.7. The van der Waals surface area contributed by atoms with Crippen LogP contribution in [0.5, 0.6) is 0 Å². The number of carbonyl (C=O) groups is 1. The number of nitrogens with zero attached hydrogens (tertiary/aromatic N) is 4. The lowest BCUT2D eigenvalue weighted by molar-refractivity contribution is -0.0519. The predicted molar refractivity (Wildman–Crippen MR) is 85.6 cm³/mol. The lowest BCUT2D eigenvalue weighted by Gasteiger charge is -2.52. The van der Waals surface area contributed by atoms with Crippen LogP contribution in [0.25, 0.3) is 0 Å². The van der Waals surface area contributed by atoms with Gasteiger partial charge in [0.25, 0.3) is 0 Å². The van der Waals surface area contributed by atoms with Gasteiger partial charge in [0.2, 0.25) is 0 Å². The molecule has 6 atom stereocenters. The topological polar surface area (TPSA) is 69.5 Å². The maximum atomic E-state index is 11.8. The van der Waals surface area contributed by atoms with Crippen molar-refractivity contribution in [3.8, 4) is 0 Å². The molecule has 2 aliphatic heterocycles. The average Bonchev–Trinajstić information content (AvgIpc) is 3.16. The van der Waals surface area contributed by atoms with Crippen molar-refractivity contribution in [3.05, 3.63) is 28.7 Å². The number of carbonyl (C=O) groups excluding carboxylic acids is 1. The number of hydrogen-bond acceptors (Lipinski definition) is 6. The Hall–Kier alpha value is -1.67. The molecule has 3 fully saturated rings. The zero-order valence-corrected chi connectivity index (χ0v) is 14.0. The van der Waals surface area contributed by atoms with Crippen LogP contribution in [0.15, 0.2) is 39.1 Å². The molecule has 2 aliphatic carbocycles. The van der Waals surface area contributed by atoms with Crippen LogP contribution in [-0.4, -0.2) is 42.4 Å². The molecule has 8 heteroatoms. The predicted octanol–water partition coefficient (Wildman–Crippen LogP) is 2.35. The number of halogens is 1. The van der Waals surface area contributed by atoms with Gasteiger partial charge in [-0.05, 0) is 30.7 Å². The van der Waals surface area contributed by atoms with Crippen molar-refractivity contribution in [2.45, 2.75) is 30.6 Å². The fourth-order valence-electron chi connectivity index (χ4n) is 4.75. The first-order valence-corrected chi connectivity index (χ1v) is 8.57. The quantitative estimate of drug-likeness (QED) is 0.815. The summed E-state index contributed by atoms with van der Waals surface area (Å²) in [4.78, 5) is 11.8. The van der Waals surface area contributed by atoms with E-state index in [0.29, 0.717) is 17.9 Å². The van der Waals surface area contributed by atoms with E-state index in [2.05, 4.69) is 48.8 Å². The number of nitrogens with one attached hydrogen (secondary N) is 1. The number of hydrogen-bond donors (Lipinski definition) is 1. The molecular formula is C15H16BrN5O2. The van der Waals surface area contributed by atoms with Crippen LogP contribution in [0.3, 0.4) is 0 Å². The third-order valence-electron chi connectivity index (χ3n) is 5.65. The summed E-state index contributed by atoms with van der Waals surface area (Å²) in [5.41, 5.74) is 4.33. The molecule has 1 aromatic rings. The van der Waals surface area contributed by atoms with E-state index < -0.39 is 0 Å². The van der Waals surface area contributed by atoms with E-state index in [9.17, 15) is 4.79 Å². The zero-order valence-electron chi connectivity index (χ0n) is 12.5. The van der Waals surface area contributed by atoms with Gasteiger partial charge >= 0.3 is 6.09 Å². The summed E-state index contributed by atoms with van der Waals surface area (Å²) in [5, 5.41) is 12.6. The van der Waals surface area contributed by atoms with Gasteiger partial charge in [-0.15, -0.1) is 0 Å². The zero-order chi connectivity index (χ0) is 15.7. The van der Waals surface area contributed by atoms with E-state index in [0.717, 1.165) is 16.6 Å². The van der Waals surface area contributed by atoms with Gasteiger partial charge in [0, 0.05) is 16.3 Å². The van der Waals surface area contributed by atoms with Gasteiger partial charge in [0.05, 0.1) is 30.9 Å². The second-order valence-corrected chi connectivity index (χ2v) is 7.47. The summed E-state index contributed by atoms with van der Waals surface area (Å²) in [6.07, 6.45) is 0.770. The van der Waals surface area contributed by atoms with Gasteiger partial charge in [0.15, 0.2) is 0 Å². The molecule has 23 heavy (non-hydrogen) atoms. The van der Waals surface area contributed by atoms with Crippen molar-refractivity contribution in [2.24, 2.45) is 22.2 Å². The van der Waals surface area contributed by atoms with E-state index in [4.69, 9.17) is 4.74 Å². The molecule has 1 aromatic carbocycles. The number of hydrazine groups is 1. The normalized spacial score (nSPS) is 39.2. The second kappa shape index (κ2) is 4.67. The van der Waals surface area contributed by atoms with Gasteiger partial charge in [-0.2, -0.15) is 5.11 Å². The SMILES string of the molecule is COC(=O)N1N[C@H]2[C@H]3C[C@H]([C@@H]4N=NN(c5ccc(Br)cc5)[C@H]34)[C@H]21. The van der Waals surface area contributed by atoms with E-state index >= 15 is 0 Å². The van der Waals surface area contributed by atoms with Crippen molar-refractivity contribution >= 4 is 27.7 Å². The van der Waals surface area contributed by atoms with Crippen molar-refractivity contribution < 1.29 is 9.53 Å². The molecule has 1 saturated heterocycles. The van der Waals surface area contributed by atoms with E-state index in [-0.39, 0.29) is 24.2 Å². The largest absolute Gasteiger partial charge is 0.452 e. The molecule has 120 valence electrons. The van der Waals surface area contributed by atoms with Crippen LogP contribution in [0, 0.1) is 11.8 Å². The summed E-state index contributed by atoms with van der Waals surface area (Å²) < 4.78 is 5.89. The summed E-state index contributed by atoms with van der Waals surface area (Å²) in [5.74, 6) is 0.814. The number of fused-ring (bicyclic) bond motifs is 8. The van der Waals surface area contributed by atoms with Gasteiger partial charge in [-0.25, -0.2) is 20.2 Å². The van der Waals surface area contributed by atoms with E-state index in [1.165, 1.54) is 7.11 Å². The van der Waals surface area contributed by atoms with Crippen LogP contribution < -0.4 is 10.4 Å². The number of ether oxygens (including phenoxy) is 1. The van der Waals surface area contributed by atoms with Gasteiger partial charge in [0.1, 0.15) is 6.04 Å². The maximum absolute atomic E-state index is 11.8. The maximum Gasteiger partial charge on any atom is 0.424 e. The van der Waals surface area contributed by atoms with Crippen LogP contribution in [0.2, 0.25) is 0 Å². The Balaban J connectivity index is 1.41. The molecule has 0 spiro atoms. The lowest BCUT2D eigenvalue weighted by Crippen LogP contribution is -2.76. The highest BCUT2D eigenvalue weighted by Crippen LogP contribution is 2.55. The Morgan fingerprint density at radius 2 is 2.09 bits per heavy atom. The first-order valence-electron chi connectivity index (χ1n) is 7.78. The number of rotatable bonds is 1. The second-order valence-electron chi connectivity index (χ2n) is 6.56. The monoisotopic (exact) mass is 377 g/mol. The summed E-state index contributed by atoms with van der Waals surface area (Å²) in [7, 11) is 1.41. The Morgan fingerprint density at radius 1 is 1.30 bits per heavy atom. The molecule has 0 radical (unpaired) electrons. The van der Waals surface area contributed by atoms with Crippen molar-refractivity contribution in [1.29, 1.82) is 0 Å². The molecule has 4 aliphatic rings. The van der Waals surface area contributed by atoms with E-state index in [1.54, 1.807) is 5.01 Å².